The molecule has 0 aliphatic rings. The van der Waals surface area contributed by atoms with Crippen molar-refractivity contribution in [2.24, 2.45) is 0 Å². The fourth-order valence-electron chi connectivity index (χ4n) is 2.70. The maximum absolute atomic E-state index is 12.9. The molecule has 0 bridgehead atoms. The highest BCUT2D eigenvalue weighted by atomic mass is 32.2. The van der Waals surface area contributed by atoms with E-state index in [1.165, 1.54) is 6.07 Å². The molecule has 0 aliphatic heterocycles. The molecular formula is C20H16N4O3S. The molecule has 7 nitrogen and oxygen atoms in total. The first-order chi connectivity index (χ1) is 13.5. The van der Waals surface area contributed by atoms with Crippen LogP contribution in [0.15, 0.2) is 78.1 Å². The summed E-state index contributed by atoms with van der Waals surface area (Å²) in [6.07, 6.45) is 4.80. The number of para-hydroxylation sites is 1. The second-order valence-electron chi connectivity index (χ2n) is 6.10. The van der Waals surface area contributed by atoms with Crippen LogP contribution in [0.1, 0.15) is 5.56 Å². The van der Waals surface area contributed by atoms with Crippen molar-refractivity contribution < 1.29 is 13.2 Å². The SMILES string of the molecule is Cc1cnc2c(S(=O)(=O)Nc3ccc(Oc4ncccn4)cc3)cccc2c1. The van der Waals surface area contributed by atoms with E-state index in [4.69, 9.17) is 4.74 Å². The van der Waals surface area contributed by atoms with E-state index < -0.39 is 10.0 Å². The number of aromatic nitrogens is 3. The minimum atomic E-state index is -3.80. The van der Waals surface area contributed by atoms with Gasteiger partial charge in [-0.15, -0.1) is 0 Å². The molecule has 2 aromatic carbocycles. The molecule has 0 unspecified atom stereocenters. The smallest absolute Gasteiger partial charge is 0.321 e. The maximum Gasteiger partial charge on any atom is 0.321 e. The number of hydrogen-bond acceptors (Lipinski definition) is 6. The normalized spacial score (nSPS) is 11.3. The number of ether oxygens (including phenoxy) is 1. The van der Waals surface area contributed by atoms with Gasteiger partial charge in [0.25, 0.3) is 10.0 Å². The fourth-order valence-corrected chi connectivity index (χ4v) is 3.94. The summed E-state index contributed by atoms with van der Waals surface area (Å²) in [6, 6.07) is 15.4. The molecule has 0 amide bonds. The number of pyridine rings is 1. The van der Waals surface area contributed by atoms with Gasteiger partial charge in [-0.2, -0.15) is 0 Å². The van der Waals surface area contributed by atoms with Gasteiger partial charge in [0.15, 0.2) is 0 Å². The van der Waals surface area contributed by atoms with Crippen LogP contribution in [0, 0.1) is 6.92 Å². The van der Waals surface area contributed by atoms with E-state index in [1.807, 2.05) is 19.1 Å². The van der Waals surface area contributed by atoms with Crippen LogP contribution in [0.3, 0.4) is 0 Å². The molecule has 0 spiro atoms. The molecule has 2 aromatic heterocycles. The largest absolute Gasteiger partial charge is 0.424 e. The molecule has 1 N–H and O–H groups in total. The monoisotopic (exact) mass is 392 g/mol. The molecule has 0 atom stereocenters. The van der Waals surface area contributed by atoms with E-state index >= 15 is 0 Å². The number of aryl methyl sites for hydroxylation is 1. The Morgan fingerprint density at radius 2 is 1.68 bits per heavy atom. The Morgan fingerprint density at radius 1 is 0.929 bits per heavy atom. The van der Waals surface area contributed by atoms with Gasteiger partial charge in [0, 0.05) is 29.7 Å². The first-order valence-electron chi connectivity index (χ1n) is 8.44. The lowest BCUT2D eigenvalue weighted by molar-refractivity contribution is 0.442. The zero-order valence-corrected chi connectivity index (χ0v) is 15.7. The van der Waals surface area contributed by atoms with Crippen LogP contribution in [-0.2, 0) is 10.0 Å². The minimum absolute atomic E-state index is 0.128. The van der Waals surface area contributed by atoms with Gasteiger partial charge < -0.3 is 4.74 Å². The maximum atomic E-state index is 12.9. The summed E-state index contributed by atoms with van der Waals surface area (Å²) in [5.74, 6) is 0.497. The van der Waals surface area contributed by atoms with Gasteiger partial charge in [-0.05, 0) is 55.0 Å². The number of hydrogen-bond donors (Lipinski definition) is 1. The molecule has 8 heteroatoms. The predicted molar refractivity (Wildman–Crippen MR) is 106 cm³/mol. The molecule has 28 heavy (non-hydrogen) atoms. The van der Waals surface area contributed by atoms with Gasteiger partial charge in [0.05, 0.1) is 5.52 Å². The number of benzene rings is 2. The van der Waals surface area contributed by atoms with E-state index in [1.54, 1.807) is 55.0 Å². The third kappa shape index (κ3) is 3.77. The van der Waals surface area contributed by atoms with Crippen molar-refractivity contribution in [2.45, 2.75) is 11.8 Å². The average molecular weight is 392 g/mol. The van der Waals surface area contributed by atoms with Crippen LogP contribution in [-0.4, -0.2) is 23.4 Å². The molecule has 4 rings (SSSR count). The molecule has 140 valence electrons. The van der Waals surface area contributed by atoms with Crippen molar-refractivity contribution in [3.05, 3.63) is 78.8 Å². The summed E-state index contributed by atoms with van der Waals surface area (Å²) < 4.78 is 33.8. The van der Waals surface area contributed by atoms with Gasteiger partial charge in [-0.3, -0.25) is 9.71 Å². The Balaban J connectivity index is 1.58. The summed E-state index contributed by atoms with van der Waals surface area (Å²) in [7, 11) is -3.80. The van der Waals surface area contributed by atoms with Gasteiger partial charge in [0.2, 0.25) is 0 Å². The Kier molecular flexibility index (Phi) is 4.62. The van der Waals surface area contributed by atoms with Crippen LogP contribution in [0.2, 0.25) is 0 Å². The second kappa shape index (κ2) is 7.24. The van der Waals surface area contributed by atoms with Crippen LogP contribution >= 0.6 is 0 Å². The van der Waals surface area contributed by atoms with Crippen LogP contribution in [0.5, 0.6) is 11.8 Å². The lowest BCUT2D eigenvalue weighted by atomic mass is 10.2. The number of sulfonamides is 1. The first-order valence-corrected chi connectivity index (χ1v) is 9.93. The summed E-state index contributed by atoms with van der Waals surface area (Å²) in [4.78, 5) is 12.4. The van der Waals surface area contributed by atoms with Crippen molar-refractivity contribution in [1.82, 2.24) is 15.0 Å². The Morgan fingerprint density at radius 3 is 2.43 bits per heavy atom. The molecule has 0 saturated heterocycles. The van der Waals surface area contributed by atoms with Crippen molar-refractivity contribution in [1.29, 1.82) is 0 Å². The molecule has 2 heterocycles. The summed E-state index contributed by atoms with van der Waals surface area (Å²) in [5.41, 5.74) is 1.81. The number of fused-ring (bicyclic) bond motifs is 1. The van der Waals surface area contributed by atoms with E-state index in [2.05, 4.69) is 19.7 Å². The number of anilines is 1. The zero-order chi connectivity index (χ0) is 19.6. The summed E-state index contributed by atoms with van der Waals surface area (Å²) in [6.45, 7) is 1.91. The van der Waals surface area contributed by atoms with Crippen LogP contribution < -0.4 is 9.46 Å². The lowest BCUT2D eigenvalue weighted by Crippen LogP contribution is -2.13. The zero-order valence-electron chi connectivity index (χ0n) is 14.9. The Labute approximate surface area is 162 Å². The highest BCUT2D eigenvalue weighted by Crippen LogP contribution is 2.25. The second-order valence-corrected chi connectivity index (χ2v) is 7.75. The van der Waals surface area contributed by atoms with Crippen molar-refractivity contribution >= 4 is 26.6 Å². The Hall–Kier alpha value is -3.52. The topological polar surface area (TPSA) is 94.1 Å². The number of nitrogens with one attached hydrogen (secondary N) is 1. The number of rotatable bonds is 5. The molecular weight excluding hydrogens is 376 g/mol. The van der Waals surface area contributed by atoms with E-state index in [0.717, 1.165) is 10.9 Å². The molecule has 0 aliphatic carbocycles. The Bertz CT molecular complexity index is 1230. The standard InChI is InChI=1S/C20H16N4O3S/c1-14-12-15-4-2-5-18(19(15)23-13-14)28(25,26)24-16-6-8-17(9-7-16)27-20-21-10-3-11-22-20/h2-13,24H,1H3. The van der Waals surface area contributed by atoms with Crippen molar-refractivity contribution in [2.75, 3.05) is 4.72 Å². The highest BCUT2D eigenvalue weighted by Gasteiger charge is 2.18. The van der Waals surface area contributed by atoms with Gasteiger partial charge in [-0.25, -0.2) is 18.4 Å². The molecule has 0 fully saturated rings. The minimum Gasteiger partial charge on any atom is -0.424 e. The molecule has 0 radical (unpaired) electrons. The quantitative estimate of drug-likeness (QED) is 0.553. The fraction of sp³-hybridized carbons (Fsp3) is 0.0500. The summed E-state index contributed by atoms with van der Waals surface area (Å²) in [5, 5.41) is 0.773. The van der Waals surface area contributed by atoms with E-state index in [9.17, 15) is 8.42 Å². The van der Waals surface area contributed by atoms with Crippen LogP contribution in [0.25, 0.3) is 10.9 Å². The summed E-state index contributed by atoms with van der Waals surface area (Å²) >= 11 is 0. The average Bonchev–Trinajstić information content (AvgIpc) is 2.69. The van der Waals surface area contributed by atoms with E-state index in [-0.39, 0.29) is 10.9 Å². The third-order valence-corrected chi connectivity index (χ3v) is 5.37. The molecule has 4 aromatic rings. The highest BCUT2D eigenvalue weighted by molar-refractivity contribution is 7.93. The van der Waals surface area contributed by atoms with Gasteiger partial charge >= 0.3 is 6.01 Å². The van der Waals surface area contributed by atoms with Crippen molar-refractivity contribution in [3.63, 3.8) is 0 Å². The predicted octanol–water partition coefficient (Wildman–Crippen LogP) is 3.93. The number of nitrogens with zero attached hydrogens (tertiary/aromatic N) is 3. The van der Waals surface area contributed by atoms with Crippen molar-refractivity contribution in [3.8, 4) is 11.8 Å². The molecule has 0 saturated carbocycles. The van der Waals surface area contributed by atoms with E-state index in [0.29, 0.717) is 17.0 Å². The first kappa shape index (κ1) is 17.9. The van der Waals surface area contributed by atoms with Gasteiger partial charge in [0.1, 0.15) is 10.6 Å². The van der Waals surface area contributed by atoms with Crippen LogP contribution in [0.4, 0.5) is 5.69 Å². The third-order valence-electron chi connectivity index (χ3n) is 3.96. The van der Waals surface area contributed by atoms with Gasteiger partial charge in [-0.1, -0.05) is 12.1 Å². The lowest BCUT2D eigenvalue weighted by Gasteiger charge is -2.11.